The number of hydrogen-bond acceptors (Lipinski definition) is 7. The van der Waals surface area contributed by atoms with E-state index < -0.39 is 24.0 Å². The maximum absolute atomic E-state index is 13.1. The summed E-state index contributed by atoms with van der Waals surface area (Å²) in [6.07, 6.45) is 2.87. The number of ether oxygens (including phenoxy) is 1. The van der Waals surface area contributed by atoms with E-state index in [-0.39, 0.29) is 20.7 Å². The molecule has 11 heteroatoms. The van der Waals surface area contributed by atoms with Gasteiger partial charge < -0.3 is 9.84 Å². The third-order valence-corrected chi connectivity index (χ3v) is 5.83. The summed E-state index contributed by atoms with van der Waals surface area (Å²) in [6, 6.07) is 11.5. The summed E-state index contributed by atoms with van der Waals surface area (Å²) < 4.78 is 7.24. The highest BCUT2D eigenvalue weighted by Gasteiger charge is 2.34. The Kier molecular flexibility index (Phi) is 5.77. The van der Waals surface area contributed by atoms with Crippen molar-refractivity contribution in [2.24, 2.45) is 0 Å². The number of nitrogens with zero attached hydrogens (tertiary/aromatic N) is 3. The van der Waals surface area contributed by atoms with E-state index in [4.69, 9.17) is 33.7 Å². The Morgan fingerprint density at radius 2 is 1.97 bits per heavy atom. The van der Waals surface area contributed by atoms with E-state index in [0.717, 1.165) is 16.7 Å². The fraction of sp³-hybridized carbons (Fsp3) is 0.0500. The summed E-state index contributed by atoms with van der Waals surface area (Å²) in [7, 11) is 0. The summed E-state index contributed by atoms with van der Waals surface area (Å²) in [4.78, 5) is 42.3. The first-order valence-electron chi connectivity index (χ1n) is 8.75. The molecule has 156 valence electrons. The van der Waals surface area contributed by atoms with Crippen molar-refractivity contribution in [3.63, 3.8) is 0 Å². The number of rotatable bonds is 5. The van der Waals surface area contributed by atoms with Gasteiger partial charge >= 0.3 is 5.97 Å². The van der Waals surface area contributed by atoms with Gasteiger partial charge in [0.15, 0.2) is 0 Å². The Morgan fingerprint density at radius 1 is 1.23 bits per heavy atom. The van der Waals surface area contributed by atoms with Crippen LogP contribution in [0.5, 0.6) is 11.6 Å². The van der Waals surface area contributed by atoms with Crippen molar-refractivity contribution in [3.05, 3.63) is 74.5 Å². The zero-order valence-electron chi connectivity index (χ0n) is 15.5. The van der Waals surface area contributed by atoms with Crippen LogP contribution in [0.25, 0.3) is 11.7 Å². The fourth-order valence-electron chi connectivity index (χ4n) is 2.80. The second kappa shape index (κ2) is 8.50. The normalized spacial score (nSPS) is 15.1. The number of thioether (sulfide) groups is 1. The minimum Gasteiger partial charge on any atom is -0.480 e. The molecule has 3 heterocycles. The van der Waals surface area contributed by atoms with Gasteiger partial charge in [-0.05, 0) is 42.5 Å². The zero-order valence-corrected chi connectivity index (χ0v) is 17.9. The number of carbonyl (C=O) groups excluding carboxylic acids is 1. The Hall–Kier alpha value is -3.21. The van der Waals surface area contributed by atoms with Gasteiger partial charge in [-0.3, -0.25) is 23.7 Å². The van der Waals surface area contributed by atoms with Crippen molar-refractivity contribution in [3.8, 4) is 11.6 Å². The molecule has 1 aromatic carbocycles. The van der Waals surface area contributed by atoms with Gasteiger partial charge in [-0.1, -0.05) is 41.6 Å². The van der Waals surface area contributed by atoms with Crippen molar-refractivity contribution in [2.75, 3.05) is 6.54 Å². The predicted octanol–water partition coefficient (Wildman–Crippen LogP) is 3.43. The molecule has 0 unspecified atom stereocenters. The number of halogens is 1. The van der Waals surface area contributed by atoms with E-state index >= 15 is 0 Å². The van der Waals surface area contributed by atoms with E-state index in [1.165, 1.54) is 10.5 Å². The first-order chi connectivity index (χ1) is 14.8. The van der Waals surface area contributed by atoms with Crippen molar-refractivity contribution < 1.29 is 19.4 Å². The topological polar surface area (TPSA) is 101 Å². The molecule has 2 aromatic heterocycles. The fourth-order valence-corrected chi connectivity index (χ4v) is 4.16. The molecule has 1 N–H and O–H groups in total. The van der Waals surface area contributed by atoms with Gasteiger partial charge in [0, 0.05) is 11.2 Å². The quantitative estimate of drug-likeness (QED) is 0.444. The second-order valence-corrected chi connectivity index (χ2v) is 8.39. The standard InChI is InChI=1S/C20H12ClN3O5S2/c21-11-4-6-12(7-5-11)29-17-13(18(27)23-8-2-1-3-15(23)22-17)9-14-19(28)24(10-16(25)26)20(30)31-14/h1-9H,10H2,(H,25,26)/b14-9+. The second-order valence-electron chi connectivity index (χ2n) is 6.28. The smallest absolute Gasteiger partial charge is 0.323 e. The lowest BCUT2D eigenvalue weighted by molar-refractivity contribution is -0.140. The molecule has 3 aromatic rings. The molecule has 1 saturated heterocycles. The van der Waals surface area contributed by atoms with Crippen LogP contribution in [0.15, 0.2) is 58.4 Å². The summed E-state index contributed by atoms with van der Waals surface area (Å²) in [6.45, 7) is -0.564. The molecule has 31 heavy (non-hydrogen) atoms. The van der Waals surface area contributed by atoms with Gasteiger partial charge in [-0.15, -0.1) is 0 Å². The first kappa shape index (κ1) is 21.0. The van der Waals surface area contributed by atoms with Gasteiger partial charge in [0.2, 0.25) is 5.88 Å². The highest BCUT2D eigenvalue weighted by molar-refractivity contribution is 8.26. The minimum absolute atomic E-state index is 0.0120. The van der Waals surface area contributed by atoms with E-state index in [2.05, 4.69) is 4.98 Å². The molecular weight excluding hydrogens is 462 g/mol. The summed E-state index contributed by atoms with van der Waals surface area (Å²) >= 11 is 11.9. The van der Waals surface area contributed by atoms with Crippen LogP contribution in [-0.2, 0) is 9.59 Å². The number of carboxylic acids is 1. The molecule has 8 nitrogen and oxygen atoms in total. The van der Waals surface area contributed by atoms with E-state index in [0.29, 0.717) is 16.4 Å². The highest BCUT2D eigenvalue weighted by atomic mass is 35.5. The van der Waals surface area contributed by atoms with E-state index in [9.17, 15) is 14.4 Å². The average molecular weight is 474 g/mol. The van der Waals surface area contributed by atoms with Gasteiger partial charge in [0.05, 0.1) is 4.91 Å². The number of hydrogen-bond donors (Lipinski definition) is 1. The number of amides is 1. The monoisotopic (exact) mass is 473 g/mol. The maximum Gasteiger partial charge on any atom is 0.323 e. The number of thiocarbonyl (C=S) groups is 1. The van der Waals surface area contributed by atoms with Crippen LogP contribution >= 0.6 is 35.6 Å². The number of fused-ring (bicyclic) bond motifs is 1. The van der Waals surface area contributed by atoms with Gasteiger partial charge in [0.1, 0.15) is 27.8 Å². The van der Waals surface area contributed by atoms with Crippen molar-refractivity contribution in [1.29, 1.82) is 0 Å². The largest absolute Gasteiger partial charge is 0.480 e. The Balaban J connectivity index is 1.83. The molecule has 0 saturated carbocycles. The lowest BCUT2D eigenvalue weighted by Crippen LogP contribution is -2.33. The number of carbonyl (C=O) groups is 2. The molecule has 0 atom stereocenters. The summed E-state index contributed by atoms with van der Waals surface area (Å²) in [5.74, 6) is -1.42. The molecule has 1 amide bonds. The lowest BCUT2D eigenvalue weighted by Gasteiger charge is -2.11. The molecule has 1 aliphatic heterocycles. The first-order valence-corrected chi connectivity index (χ1v) is 10.4. The van der Waals surface area contributed by atoms with E-state index in [1.54, 1.807) is 48.7 Å². The number of aliphatic carboxylic acids is 1. The SMILES string of the molecule is O=C(O)CN1C(=O)/C(=C\c2c(Oc3ccc(Cl)cc3)nc3ccccn3c2=O)SC1=S. The predicted molar refractivity (Wildman–Crippen MR) is 121 cm³/mol. The van der Waals surface area contributed by atoms with Gasteiger partial charge in [-0.25, -0.2) is 0 Å². The van der Waals surface area contributed by atoms with Crippen LogP contribution in [0.3, 0.4) is 0 Å². The van der Waals surface area contributed by atoms with Crippen LogP contribution in [0.4, 0.5) is 0 Å². The van der Waals surface area contributed by atoms with Crippen LogP contribution in [-0.4, -0.2) is 42.1 Å². The molecule has 1 aliphatic rings. The molecular formula is C20H12ClN3O5S2. The van der Waals surface area contributed by atoms with Crippen LogP contribution in [0.1, 0.15) is 5.56 Å². The number of aromatic nitrogens is 2. The molecule has 0 radical (unpaired) electrons. The third-order valence-electron chi connectivity index (χ3n) is 4.20. The minimum atomic E-state index is -1.20. The van der Waals surface area contributed by atoms with Crippen molar-refractivity contribution in [1.82, 2.24) is 14.3 Å². The van der Waals surface area contributed by atoms with Crippen LogP contribution in [0, 0.1) is 0 Å². The summed E-state index contributed by atoms with van der Waals surface area (Å²) in [5.41, 5.74) is -0.0837. The number of pyridine rings is 1. The van der Waals surface area contributed by atoms with Crippen LogP contribution in [0.2, 0.25) is 5.02 Å². The molecule has 0 bridgehead atoms. The van der Waals surface area contributed by atoms with Gasteiger partial charge in [0.25, 0.3) is 11.5 Å². The lowest BCUT2D eigenvalue weighted by atomic mass is 10.2. The zero-order chi connectivity index (χ0) is 22.1. The van der Waals surface area contributed by atoms with Crippen molar-refractivity contribution >= 4 is 63.5 Å². The van der Waals surface area contributed by atoms with E-state index in [1.807, 2.05) is 0 Å². The Morgan fingerprint density at radius 3 is 2.68 bits per heavy atom. The molecule has 0 aliphatic carbocycles. The number of benzene rings is 1. The summed E-state index contributed by atoms with van der Waals surface area (Å²) in [5, 5.41) is 9.52. The average Bonchev–Trinajstić information content (AvgIpc) is 2.99. The number of carboxylic acid groups (broad SMARTS) is 1. The Bertz CT molecular complexity index is 1320. The third kappa shape index (κ3) is 4.31. The molecule has 0 spiro atoms. The molecule has 4 rings (SSSR count). The van der Waals surface area contributed by atoms with Gasteiger partial charge in [-0.2, -0.15) is 4.98 Å². The molecule has 1 fully saturated rings. The van der Waals surface area contributed by atoms with Crippen molar-refractivity contribution in [2.45, 2.75) is 0 Å². The Labute approximate surface area is 189 Å². The highest BCUT2D eigenvalue weighted by Crippen LogP contribution is 2.34. The maximum atomic E-state index is 13.1. The van der Waals surface area contributed by atoms with Crippen LogP contribution < -0.4 is 10.3 Å².